The number of methoxy groups -OCH3 is 1. The lowest BCUT2D eigenvalue weighted by atomic mass is 10.3. The lowest BCUT2D eigenvalue weighted by Crippen LogP contribution is -2.27. The fourth-order valence-corrected chi connectivity index (χ4v) is 1.87. The highest BCUT2D eigenvalue weighted by Crippen LogP contribution is 2.41. The van der Waals surface area contributed by atoms with Crippen LogP contribution in [0.1, 0.15) is 18.4 Å². The molecular formula is C11H12BrNO3. The molecule has 1 aromatic heterocycles. The van der Waals surface area contributed by atoms with Crippen molar-refractivity contribution in [2.45, 2.75) is 25.0 Å². The van der Waals surface area contributed by atoms with Crippen LogP contribution < -0.4 is 0 Å². The number of nitrogens with zero attached hydrogens (tertiary/aromatic N) is 1. The normalized spacial score (nSPS) is 16.9. The van der Waals surface area contributed by atoms with Crippen molar-refractivity contribution < 1.29 is 14.3 Å². The number of hydrogen-bond donors (Lipinski definition) is 0. The third-order valence-corrected chi connectivity index (χ3v) is 3.00. The summed E-state index contributed by atoms with van der Waals surface area (Å²) in [5, 5.41) is 0. The van der Waals surface area contributed by atoms with E-state index in [1.165, 1.54) is 7.11 Å². The van der Waals surface area contributed by atoms with Crippen molar-refractivity contribution in [1.82, 2.24) is 4.98 Å². The molecule has 1 aliphatic carbocycles. The summed E-state index contributed by atoms with van der Waals surface area (Å²) in [6, 6.07) is 3.73. The number of hydrogen-bond acceptors (Lipinski definition) is 4. The van der Waals surface area contributed by atoms with E-state index in [2.05, 4.69) is 20.9 Å². The molecule has 0 aliphatic heterocycles. The lowest BCUT2D eigenvalue weighted by Gasteiger charge is -2.13. The van der Waals surface area contributed by atoms with Gasteiger partial charge in [-0.1, -0.05) is 0 Å². The molecule has 0 amide bonds. The number of esters is 1. The number of aromatic nitrogens is 1. The molecule has 1 fully saturated rings. The van der Waals surface area contributed by atoms with Gasteiger partial charge in [-0.15, -0.1) is 0 Å². The van der Waals surface area contributed by atoms with Crippen molar-refractivity contribution in [3.63, 3.8) is 0 Å². The van der Waals surface area contributed by atoms with Gasteiger partial charge in [0.2, 0.25) is 0 Å². The standard InChI is InChI=1S/C11H12BrNO3/c1-15-10(14)11(3-4-11)16-7-8-2-5-13-9(12)6-8/h2,5-6H,3-4,7H2,1H3. The van der Waals surface area contributed by atoms with E-state index in [1.54, 1.807) is 6.20 Å². The van der Waals surface area contributed by atoms with Crippen LogP contribution in [0.4, 0.5) is 0 Å². The molecule has 4 nitrogen and oxygen atoms in total. The number of rotatable bonds is 4. The second-order valence-electron chi connectivity index (χ2n) is 3.76. The molecule has 0 saturated heterocycles. The van der Waals surface area contributed by atoms with Gasteiger partial charge < -0.3 is 9.47 Å². The molecule has 0 unspecified atom stereocenters. The third-order valence-electron chi connectivity index (χ3n) is 2.57. The molecule has 5 heteroatoms. The van der Waals surface area contributed by atoms with Crippen molar-refractivity contribution >= 4 is 21.9 Å². The number of carbonyl (C=O) groups is 1. The van der Waals surface area contributed by atoms with Crippen LogP contribution in [0.3, 0.4) is 0 Å². The molecule has 86 valence electrons. The Labute approximate surface area is 102 Å². The molecule has 1 saturated carbocycles. The van der Waals surface area contributed by atoms with Crippen LogP contribution >= 0.6 is 15.9 Å². The Morgan fingerprint density at radius 1 is 1.62 bits per heavy atom. The quantitative estimate of drug-likeness (QED) is 0.628. The first-order chi connectivity index (χ1) is 7.66. The maximum atomic E-state index is 11.4. The summed E-state index contributed by atoms with van der Waals surface area (Å²) < 4.78 is 11.1. The molecule has 1 aromatic rings. The predicted molar refractivity (Wildman–Crippen MR) is 60.7 cm³/mol. The fraction of sp³-hybridized carbons (Fsp3) is 0.455. The van der Waals surface area contributed by atoms with E-state index >= 15 is 0 Å². The van der Waals surface area contributed by atoms with Crippen LogP contribution in [0.2, 0.25) is 0 Å². The minimum Gasteiger partial charge on any atom is -0.467 e. The van der Waals surface area contributed by atoms with Gasteiger partial charge in [0.1, 0.15) is 4.60 Å². The van der Waals surface area contributed by atoms with Gasteiger partial charge in [-0.05, 0) is 46.5 Å². The molecule has 1 aliphatic rings. The summed E-state index contributed by atoms with van der Waals surface area (Å²) in [6.45, 7) is 0.399. The minimum atomic E-state index is -0.690. The molecule has 0 bridgehead atoms. The second-order valence-corrected chi connectivity index (χ2v) is 4.57. The predicted octanol–water partition coefficient (Wildman–Crippen LogP) is 2.07. The zero-order valence-corrected chi connectivity index (χ0v) is 10.5. The molecule has 16 heavy (non-hydrogen) atoms. The molecule has 1 heterocycles. The summed E-state index contributed by atoms with van der Waals surface area (Å²) in [7, 11) is 1.38. The van der Waals surface area contributed by atoms with E-state index in [9.17, 15) is 4.79 Å². The lowest BCUT2D eigenvalue weighted by molar-refractivity contribution is -0.158. The molecule has 0 aromatic carbocycles. The van der Waals surface area contributed by atoms with E-state index < -0.39 is 5.60 Å². The highest BCUT2D eigenvalue weighted by Gasteiger charge is 2.52. The Balaban J connectivity index is 1.95. The Morgan fingerprint density at radius 2 is 2.38 bits per heavy atom. The number of halogens is 1. The van der Waals surface area contributed by atoms with Gasteiger partial charge in [-0.2, -0.15) is 0 Å². The van der Waals surface area contributed by atoms with Crippen LogP contribution in [-0.2, 0) is 20.9 Å². The van der Waals surface area contributed by atoms with Crippen molar-refractivity contribution in [1.29, 1.82) is 0 Å². The molecule has 0 N–H and O–H groups in total. The van der Waals surface area contributed by atoms with Crippen molar-refractivity contribution in [2.75, 3.05) is 7.11 Å². The van der Waals surface area contributed by atoms with E-state index in [1.807, 2.05) is 12.1 Å². The zero-order chi connectivity index (χ0) is 11.6. The van der Waals surface area contributed by atoms with Crippen molar-refractivity contribution in [3.05, 3.63) is 28.5 Å². The smallest absolute Gasteiger partial charge is 0.338 e. The van der Waals surface area contributed by atoms with Gasteiger partial charge in [0.05, 0.1) is 13.7 Å². The molecule has 0 radical (unpaired) electrons. The fourth-order valence-electron chi connectivity index (χ4n) is 1.46. The molecule has 0 atom stereocenters. The summed E-state index contributed by atoms with van der Waals surface area (Å²) >= 11 is 3.28. The summed E-state index contributed by atoms with van der Waals surface area (Å²) in [4.78, 5) is 15.4. The van der Waals surface area contributed by atoms with Crippen LogP contribution in [0.15, 0.2) is 22.9 Å². The number of pyridine rings is 1. The summed E-state index contributed by atoms with van der Waals surface area (Å²) in [5.74, 6) is -0.277. The Hall–Kier alpha value is -0.940. The van der Waals surface area contributed by atoms with Gasteiger partial charge in [0.25, 0.3) is 0 Å². The maximum absolute atomic E-state index is 11.4. The highest BCUT2D eigenvalue weighted by atomic mass is 79.9. The van der Waals surface area contributed by atoms with Crippen molar-refractivity contribution in [2.24, 2.45) is 0 Å². The zero-order valence-electron chi connectivity index (χ0n) is 8.90. The number of ether oxygens (including phenoxy) is 2. The summed E-state index contributed by atoms with van der Waals surface area (Å²) in [6.07, 6.45) is 3.18. The van der Waals surface area contributed by atoms with E-state index in [4.69, 9.17) is 9.47 Å². The number of carbonyl (C=O) groups excluding carboxylic acids is 1. The van der Waals surface area contributed by atoms with E-state index in [0.717, 1.165) is 23.0 Å². The SMILES string of the molecule is COC(=O)C1(OCc2ccnc(Br)c2)CC1. The second kappa shape index (κ2) is 4.51. The van der Waals surface area contributed by atoms with Crippen molar-refractivity contribution in [3.8, 4) is 0 Å². The van der Waals surface area contributed by atoms with Crippen LogP contribution in [0.25, 0.3) is 0 Å². The van der Waals surface area contributed by atoms with Gasteiger partial charge >= 0.3 is 5.97 Å². The molecule has 0 spiro atoms. The first kappa shape index (κ1) is 11.5. The Morgan fingerprint density at radius 3 is 2.94 bits per heavy atom. The monoisotopic (exact) mass is 285 g/mol. The van der Waals surface area contributed by atoms with Gasteiger partial charge in [-0.25, -0.2) is 9.78 Å². The molecular weight excluding hydrogens is 274 g/mol. The van der Waals surface area contributed by atoms with E-state index in [-0.39, 0.29) is 5.97 Å². The van der Waals surface area contributed by atoms with Gasteiger partial charge in [0.15, 0.2) is 5.60 Å². The third kappa shape index (κ3) is 2.41. The maximum Gasteiger partial charge on any atom is 0.338 e. The average molecular weight is 286 g/mol. The van der Waals surface area contributed by atoms with Crippen LogP contribution in [0.5, 0.6) is 0 Å². The van der Waals surface area contributed by atoms with Gasteiger partial charge in [-0.3, -0.25) is 0 Å². The van der Waals surface area contributed by atoms with Crippen LogP contribution in [-0.4, -0.2) is 23.7 Å². The minimum absolute atomic E-state index is 0.277. The average Bonchev–Trinajstić information content (AvgIpc) is 3.07. The topological polar surface area (TPSA) is 48.4 Å². The molecule has 2 rings (SSSR count). The summed E-state index contributed by atoms with van der Waals surface area (Å²) in [5.41, 5.74) is 0.293. The first-order valence-corrected chi connectivity index (χ1v) is 5.78. The highest BCUT2D eigenvalue weighted by molar-refractivity contribution is 9.10. The Kier molecular flexibility index (Phi) is 3.25. The van der Waals surface area contributed by atoms with Gasteiger partial charge in [0, 0.05) is 6.20 Å². The largest absolute Gasteiger partial charge is 0.467 e. The first-order valence-electron chi connectivity index (χ1n) is 4.99. The van der Waals surface area contributed by atoms with Crippen LogP contribution in [0, 0.1) is 0 Å². The van der Waals surface area contributed by atoms with E-state index in [0.29, 0.717) is 6.61 Å². The Bertz CT molecular complexity index is 404.